The monoisotopic (exact) mass is 244 g/mol. The topological polar surface area (TPSA) is 54.4 Å². The molecule has 6 heteroatoms. The summed E-state index contributed by atoms with van der Waals surface area (Å²) >= 11 is 0. The summed E-state index contributed by atoms with van der Waals surface area (Å²) in [5.41, 5.74) is -2.24. The standard InChI is InChI=1S/C11H7F3O3/c12-7-2-1-6(8(13)9(7)14)11(10(16)17)3-5(15)4-11/h1-2H,3-4H2,(H,16,17). The second-order valence-electron chi connectivity index (χ2n) is 4.00. The number of carbonyl (C=O) groups is 2. The number of carboxylic acid groups (broad SMARTS) is 1. The third-order valence-electron chi connectivity index (χ3n) is 2.96. The number of hydrogen-bond acceptors (Lipinski definition) is 2. The summed E-state index contributed by atoms with van der Waals surface area (Å²) in [6.45, 7) is 0. The van der Waals surface area contributed by atoms with Crippen LogP contribution in [0.3, 0.4) is 0 Å². The van der Waals surface area contributed by atoms with Gasteiger partial charge in [0.05, 0.1) is 0 Å². The predicted octanol–water partition coefficient (Wildman–Crippen LogP) is 1.79. The Balaban J connectivity index is 2.56. The average molecular weight is 244 g/mol. The van der Waals surface area contributed by atoms with E-state index in [0.717, 1.165) is 6.07 Å². The van der Waals surface area contributed by atoms with Gasteiger partial charge >= 0.3 is 5.97 Å². The molecule has 1 saturated carbocycles. The molecule has 17 heavy (non-hydrogen) atoms. The van der Waals surface area contributed by atoms with E-state index in [2.05, 4.69) is 0 Å². The molecule has 2 rings (SSSR count). The molecule has 0 amide bonds. The molecule has 1 aliphatic rings. The molecular weight excluding hydrogens is 237 g/mol. The molecule has 0 radical (unpaired) electrons. The second kappa shape index (κ2) is 3.58. The maximum Gasteiger partial charge on any atom is 0.315 e. The zero-order chi connectivity index (χ0) is 12.8. The van der Waals surface area contributed by atoms with Crippen LogP contribution in [0.25, 0.3) is 0 Å². The molecule has 0 saturated heterocycles. The van der Waals surface area contributed by atoms with Crippen LogP contribution in [0.1, 0.15) is 18.4 Å². The van der Waals surface area contributed by atoms with E-state index in [-0.39, 0.29) is 5.78 Å². The van der Waals surface area contributed by atoms with Gasteiger partial charge in [0.25, 0.3) is 0 Å². The van der Waals surface area contributed by atoms with Gasteiger partial charge in [-0.1, -0.05) is 6.07 Å². The molecule has 1 aromatic carbocycles. The van der Waals surface area contributed by atoms with E-state index in [9.17, 15) is 22.8 Å². The molecular formula is C11H7F3O3. The van der Waals surface area contributed by atoms with E-state index in [1.54, 1.807) is 0 Å². The summed E-state index contributed by atoms with van der Waals surface area (Å²) in [5.74, 6) is -6.42. The summed E-state index contributed by atoms with van der Waals surface area (Å²) in [6.07, 6.45) is -0.797. The van der Waals surface area contributed by atoms with Gasteiger partial charge in [0.1, 0.15) is 11.2 Å². The fourth-order valence-corrected chi connectivity index (χ4v) is 1.97. The first-order valence-corrected chi connectivity index (χ1v) is 4.77. The molecule has 0 heterocycles. The van der Waals surface area contributed by atoms with Crippen molar-refractivity contribution in [2.45, 2.75) is 18.3 Å². The first kappa shape index (κ1) is 11.6. The summed E-state index contributed by atoms with van der Waals surface area (Å²) in [4.78, 5) is 22.0. The minimum absolute atomic E-state index is 0.350. The lowest BCUT2D eigenvalue weighted by atomic mass is 9.63. The van der Waals surface area contributed by atoms with Crippen molar-refractivity contribution in [3.63, 3.8) is 0 Å². The van der Waals surface area contributed by atoms with Gasteiger partial charge in [-0.2, -0.15) is 0 Å². The number of halogens is 3. The SMILES string of the molecule is O=C1CC(C(=O)O)(c2ccc(F)c(F)c2F)C1. The number of carbonyl (C=O) groups excluding carboxylic acids is 1. The van der Waals surface area contributed by atoms with Gasteiger partial charge in [-0.05, 0) is 6.07 Å². The Morgan fingerprint density at radius 2 is 1.76 bits per heavy atom. The van der Waals surface area contributed by atoms with Crippen LogP contribution < -0.4 is 0 Å². The van der Waals surface area contributed by atoms with E-state index in [1.165, 1.54) is 0 Å². The fourth-order valence-electron chi connectivity index (χ4n) is 1.97. The second-order valence-corrected chi connectivity index (χ2v) is 4.00. The van der Waals surface area contributed by atoms with Gasteiger partial charge < -0.3 is 5.11 Å². The number of benzene rings is 1. The Bertz CT molecular complexity index is 517. The van der Waals surface area contributed by atoms with Crippen molar-refractivity contribution in [2.24, 2.45) is 0 Å². The van der Waals surface area contributed by atoms with Crippen molar-refractivity contribution in [2.75, 3.05) is 0 Å². The van der Waals surface area contributed by atoms with Crippen molar-refractivity contribution in [3.05, 3.63) is 35.1 Å². The number of ketones is 1. The number of rotatable bonds is 2. The van der Waals surface area contributed by atoms with Crippen molar-refractivity contribution in [3.8, 4) is 0 Å². The van der Waals surface area contributed by atoms with E-state index in [0.29, 0.717) is 6.07 Å². The van der Waals surface area contributed by atoms with E-state index in [4.69, 9.17) is 5.11 Å². The van der Waals surface area contributed by atoms with Gasteiger partial charge in [0.2, 0.25) is 0 Å². The first-order valence-electron chi connectivity index (χ1n) is 4.77. The van der Waals surface area contributed by atoms with Crippen molar-refractivity contribution >= 4 is 11.8 Å². The van der Waals surface area contributed by atoms with Gasteiger partial charge in [0.15, 0.2) is 17.5 Å². The molecule has 0 aromatic heterocycles. The Morgan fingerprint density at radius 3 is 2.24 bits per heavy atom. The minimum Gasteiger partial charge on any atom is -0.481 e. The lowest BCUT2D eigenvalue weighted by Gasteiger charge is -2.36. The van der Waals surface area contributed by atoms with Crippen LogP contribution >= 0.6 is 0 Å². The number of carboxylic acids is 1. The van der Waals surface area contributed by atoms with Crippen molar-refractivity contribution < 1.29 is 27.9 Å². The molecule has 1 aromatic rings. The highest BCUT2D eigenvalue weighted by atomic mass is 19.2. The van der Waals surface area contributed by atoms with Crippen LogP contribution in [0.4, 0.5) is 13.2 Å². The van der Waals surface area contributed by atoms with Crippen LogP contribution in [0, 0.1) is 17.5 Å². The van der Waals surface area contributed by atoms with E-state index >= 15 is 0 Å². The summed E-state index contributed by atoms with van der Waals surface area (Å²) < 4.78 is 39.2. The molecule has 0 bridgehead atoms. The van der Waals surface area contributed by atoms with E-state index in [1.807, 2.05) is 0 Å². The Labute approximate surface area is 93.9 Å². The normalized spacial score (nSPS) is 17.7. The number of hydrogen-bond donors (Lipinski definition) is 1. The van der Waals surface area contributed by atoms with Gasteiger partial charge in [-0.15, -0.1) is 0 Å². The lowest BCUT2D eigenvalue weighted by Crippen LogP contribution is -2.49. The summed E-state index contributed by atoms with van der Waals surface area (Å²) in [6, 6.07) is 1.52. The fraction of sp³-hybridized carbons (Fsp3) is 0.273. The molecule has 1 N–H and O–H groups in total. The maximum atomic E-state index is 13.5. The Morgan fingerprint density at radius 1 is 1.18 bits per heavy atom. The average Bonchev–Trinajstić information content (AvgIpc) is 2.22. The first-order chi connectivity index (χ1) is 7.88. The van der Waals surface area contributed by atoms with Crippen molar-refractivity contribution in [1.29, 1.82) is 0 Å². The highest BCUT2D eigenvalue weighted by Crippen LogP contribution is 2.43. The third kappa shape index (κ3) is 1.51. The highest BCUT2D eigenvalue weighted by molar-refractivity contribution is 6.01. The van der Waals surface area contributed by atoms with Crippen molar-refractivity contribution in [1.82, 2.24) is 0 Å². The van der Waals surface area contributed by atoms with Crippen LogP contribution in [0.2, 0.25) is 0 Å². The van der Waals surface area contributed by atoms with Crippen LogP contribution in [-0.2, 0) is 15.0 Å². The van der Waals surface area contributed by atoms with Gasteiger partial charge in [-0.25, -0.2) is 13.2 Å². The Hall–Kier alpha value is -1.85. The minimum atomic E-state index is -1.75. The Kier molecular flexibility index (Phi) is 2.45. The van der Waals surface area contributed by atoms with Crippen LogP contribution in [0.15, 0.2) is 12.1 Å². The summed E-state index contributed by atoms with van der Waals surface area (Å²) in [5, 5.41) is 9.00. The van der Waals surface area contributed by atoms with Gasteiger partial charge in [-0.3, -0.25) is 9.59 Å². The zero-order valence-electron chi connectivity index (χ0n) is 8.47. The predicted molar refractivity (Wildman–Crippen MR) is 49.9 cm³/mol. The molecule has 0 spiro atoms. The molecule has 90 valence electrons. The van der Waals surface area contributed by atoms with Gasteiger partial charge in [0, 0.05) is 18.4 Å². The van der Waals surface area contributed by atoms with Crippen LogP contribution in [-0.4, -0.2) is 16.9 Å². The molecule has 1 aliphatic carbocycles. The van der Waals surface area contributed by atoms with Crippen LogP contribution in [0.5, 0.6) is 0 Å². The molecule has 1 fully saturated rings. The smallest absolute Gasteiger partial charge is 0.315 e. The lowest BCUT2D eigenvalue weighted by molar-refractivity contribution is -0.153. The molecule has 0 unspecified atom stereocenters. The number of aliphatic carboxylic acids is 1. The quantitative estimate of drug-likeness (QED) is 0.807. The maximum absolute atomic E-state index is 13.5. The molecule has 0 atom stereocenters. The largest absolute Gasteiger partial charge is 0.481 e. The number of Topliss-reactive ketones (excluding diaryl/α,β-unsaturated/α-hetero) is 1. The third-order valence-corrected chi connectivity index (χ3v) is 2.96. The van der Waals surface area contributed by atoms with E-state index < -0.39 is 47.2 Å². The zero-order valence-corrected chi connectivity index (χ0v) is 8.47. The molecule has 3 nitrogen and oxygen atoms in total. The highest BCUT2D eigenvalue weighted by Gasteiger charge is 2.53. The summed E-state index contributed by atoms with van der Waals surface area (Å²) in [7, 11) is 0. The molecule has 0 aliphatic heterocycles.